The molecule has 0 aromatic carbocycles. The SMILES string of the molecule is NC1CCCCC1OCCOCCO. The summed E-state index contributed by atoms with van der Waals surface area (Å²) in [4.78, 5) is 0. The number of hydrogen-bond acceptors (Lipinski definition) is 4. The van der Waals surface area contributed by atoms with Gasteiger partial charge in [-0.25, -0.2) is 0 Å². The van der Waals surface area contributed by atoms with E-state index < -0.39 is 0 Å². The van der Waals surface area contributed by atoms with Crippen molar-refractivity contribution < 1.29 is 14.6 Å². The fraction of sp³-hybridized carbons (Fsp3) is 1.00. The number of nitrogens with two attached hydrogens (primary N) is 1. The van der Waals surface area contributed by atoms with E-state index in [1.54, 1.807) is 0 Å². The fourth-order valence-electron chi connectivity index (χ4n) is 1.76. The summed E-state index contributed by atoms with van der Waals surface area (Å²) >= 11 is 0. The molecule has 0 radical (unpaired) electrons. The molecule has 1 saturated carbocycles. The van der Waals surface area contributed by atoms with E-state index >= 15 is 0 Å². The predicted octanol–water partition coefficient (Wildman–Crippen LogP) is 0.282. The highest BCUT2D eigenvalue weighted by Crippen LogP contribution is 2.19. The monoisotopic (exact) mass is 203 g/mol. The Morgan fingerprint density at radius 1 is 1.14 bits per heavy atom. The first-order valence-electron chi connectivity index (χ1n) is 5.40. The van der Waals surface area contributed by atoms with Crippen LogP contribution in [0.4, 0.5) is 0 Å². The van der Waals surface area contributed by atoms with Crippen LogP contribution in [0, 0.1) is 0 Å². The Morgan fingerprint density at radius 3 is 2.64 bits per heavy atom. The molecule has 1 fully saturated rings. The van der Waals surface area contributed by atoms with Crippen LogP contribution in [-0.2, 0) is 9.47 Å². The van der Waals surface area contributed by atoms with E-state index in [9.17, 15) is 0 Å². The number of aliphatic hydroxyl groups excluding tert-OH is 1. The molecular weight excluding hydrogens is 182 g/mol. The minimum absolute atomic E-state index is 0.0724. The Bertz CT molecular complexity index is 143. The molecule has 4 nitrogen and oxygen atoms in total. The molecule has 0 aromatic heterocycles. The topological polar surface area (TPSA) is 64.7 Å². The third kappa shape index (κ3) is 4.37. The zero-order valence-electron chi connectivity index (χ0n) is 8.65. The van der Waals surface area contributed by atoms with E-state index in [1.807, 2.05) is 0 Å². The van der Waals surface area contributed by atoms with Gasteiger partial charge in [0.15, 0.2) is 0 Å². The number of aliphatic hydroxyl groups is 1. The fourth-order valence-corrected chi connectivity index (χ4v) is 1.76. The molecule has 2 unspecified atom stereocenters. The average Bonchev–Trinajstić information content (AvgIpc) is 2.20. The van der Waals surface area contributed by atoms with Crippen molar-refractivity contribution in [2.45, 2.75) is 37.8 Å². The van der Waals surface area contributed by atoms with Crippen LogP contribution < -0.4 is 5.73 Å². The van der Waals surface area contributed by atoms with Crippen LogP contribution in [0.5, 0.6) is 0 Å². The summed E-state index contributed by atoms with van der Waals surface area (Å²) in [5.74, 6) is 0. The molecule has 0 aromatic rings. The highest BCUT2D eigenvalue weighted by atomic mass is 16.5. The smallest absolute Gasteiger partial charge is 0.0727 e. The van der Waals surface area contributed by atoms with Gasteiger partial charge in [-0.15, -0.1) is 0 Å². The summed E-state index contributed by atoms with van der Waals surface area (Å²) in [6.07, 6.45) is 4.79. The summed E-state index contributed by atoms with van der Waals surface area (Å²) < 4.78 is 10.7. The second-order valence-corrected chi connectivity index (χ2v) is 3.69. The minimum atomic E-state index is 0.0724. The molecule has 2 atom stereocenters. The number of ether oxygens (including phenoxy) is 2. The Morgan fingerprint density at radius 2 is 1.93 bits per heavy atom. The van der Waals surface area contributed by atoms with Crippen LogP contribution in [0.2, 0.25) is 0 Å². The van der Waals surface area contributed by atoms with Gasteiger partial charge in [-0.1, -0.05) is 12.8 Å². The lowest BCUT2D eigenvalue weighted by atomic mass is 9.93. The van der Waals surface area contributed by atoms with Gasteiger partial charge in [0.2, 0.25) is 0 Å². The van der Waals surface area contributed by atoms with E-state index in [-0.39, 0.29) is 18.8 Å². The van der Waals surface area contributed by atoms with Crippen LogP contribution >= 0.6 is 0 Å². The van der Waals surface area contributed by atoms with Crippen LogP contribution in [0.15, 0.2) is 0 Å². The molecule has 14 heavy (non-hydrogen) atoms. The number of rotatable bonds is 6. The van der Waals surface area contributed by atoms with E-state index in [0.717, 1.165) is 12.8 Å². The second kappa shape index (κ2) is 7.17. The van der Waals surface area contributed by atoms with Crippen molar-refractivity contribution in [1.82, 2.24) is 0 Å². The Kier molecular flexibility index (Phi) is 6.10. The van der Waals surface area contributed by atoms with Crippen LogP contribution in [0.1, 0.15) is 25.7 Å². The summed E-state index contributed by atoms with van der Waals surface area (Å²) in [6.45, 7) is 1.59. The van der Waals surface area contributed by atoms with Crippen molar-refractivity contribution in [3.8, 4) is 0 Å². The molecule has 0 saturated heterocycles. The zero-order valence-corrected chi connectivity index (χ0v) is 8.65. The number of hydrogen-bond donors (Lipinski definition) is 2. The normalized spacial score (nSPS) is 27.9. The minimum Gasteiger partial charge on any atom is -0.394 e. The van der Waals surface area contributed by atoms with Crippen molar-refractivity contribution in [3.05, 3.63) is 0 Å². The molecule has 0 heterocycles. The Hall–Kier alpha value is -0.160. The summed E-state index contributed by atoms with van der Waals surface area (Å²) in [6, 6.07) is 0.196. The van der Waals surface area contributed by atoms with Crippen molar-refractivity contribution >= 4 is 0 Å². The Labute approximate surface area is 85.4 Å². The predicted molar refractivity (Wildman–Crippen MR) is 54.1 cm³/mol. The molecule has 4 heteroatoms. The molecule has 3 N–H and O–H groups in total. The van der Waals surface area contributed by atoms with Gasteiger partial charge in [0.1, 0.15) is 0 Å². The van der Waals surface area contributed by atoms with Gasteiger partial charge >= 0.3 is 0 Å². The summed E-state index contributed by atoms with van der Waals surface area (Å²) in [5, 5.41) is 8.47. The molecule has 0 spiro atoms. The molecule has 84 valence electrons. The first-order valence-corrected chi connectivity index (χ1v) is 5.40. The van der Waals surface area contributed by atoms with E-state index in [2.05, 4.69) is 0 Å². The zero-order chi connectivity index (χ0) is 10.2. The maximum Gasteiger partial charge on any atom is 0.0727 e. The van der Waals surface area contributed by atoms with Gasteiger partial charge in [0.25, 0.3) is 0 Å². The van der Waals surface area contributed by atoms with Crippen molar-refractivity contribution in [2.75, 3.05) is 26.4 Å². The largest absolute Gasteiger partial charge is 0.394 e. The van der Waals surface area contributed by atoms with Gasteiger partial charge in [-0.3, -0.25) is 0 Å². The van der Waals surface area contributed by atoms with E-state index in [4.69, 9.17) is 20.3 Å². The molecule has 1 aliphatic carbocycles. The molecular formula is C10H21NO3. The quantitative estimate of drug-likeness (QED) is 0.609. The van der Waals surface area contributed by atoms with Gasteiger partial charge in [-0.2, -0.15) is 0 Å². The van der Waals surface area contributed by atoms with E-state index in [1.165, 1.54) is 12.8 Å². The van der Waals surface area contributed by atoms with Crippen LogP contribution in [0.25, 0.3) is 0 Å². The average molecular weight is 203 g/mol. The standard InChI is InChI=1S/C10H21NO3/c11-9-3-1-2-4-10(9)14-8-7-13-6-5-12/h9-10,12H,1-8,11H2. The molecule has 0 bridgehead atoms. The second-order valence-electron chi connectivity index (χ2n) is 3.69. The highest BCUT2D eigenvalue weighted by molar-refractivity contribution is 4.78. The summed E-state index contributed by atoms with van der Waals surface area (Å²) in [5.41, 5.74) is 5.91. The third-order valence-corrected chi connectivity index (χ3v) is 2.55. The molecule has 0 aliphatic heterocycles. The lowest BCUT2D eigenvalue weighted by molar-refractivity contribution is -0.0233. The molecule has 1 aliphatic rings. The maximum absolute atomic E-state index is 8.47. The Balaban J connectivity index is 1.99. The third-order valence-electron chi connectivity index (χ3n) is 2.55. The van der Waals surface area contributed by atoms with Crippen molar-refractivity contribution in [3.63, 3.8) is 0 Å². The molecule has 0 amide bonds. The van der Waals surface area contributed by atoms with Crippen LogP contribution in [-0.4, -0.2) is 43.7 Å². The van der Waals surface area contributed by atoms with Gasteiger partial charge in [0.05, 0.1) is 32.5 Å². The molecule has 1 rings (SSSR count). The van der Waals surface area contributed by atoms with Crippen molar-refractivity contribution in [2.24, 2.45) is 5.73 Å². The van der Waals surface area contributed by atoms with Crippen LogP contribution in [0.3, 0.4) is 0 Å². The van der Waals surface area contributed by atoms with Gasteiger partial charge < -0.3 is 20.3 Å². The van der Waals surface area contributed by atoms with Gasteiger partial charge in [0, 0.05) is 6.04 Å². The van der Waals surface area contributed by atoms with Crippen molar-refractivity contribution in [1.29, 1.82) is 0 Å². The summed E-state index contributed by atoms with van der Waals surface area (Å²) in [7, 11) is 0. The van der Waals surface area contributed by atoms with Gasteiger partial charge in [-0.05, 0) is 12.8 Å². The lowest BCUT2D eigenvalue weighted by Gasteiger charge is -2.28. The maximum atomic E-state index is 8.47. The highest BCUT2D eigenvalue weighted by Gasteiger charge is 2.21. The van der Waals surface area contributed by atoms with E-state index in [0.29, 0.717) is 19.8 Å². The first-order chi connectivity index (χ1) is 6.84. The lowest BCUT2D eigenvalue weighted by Crippen LogP contribution is -2.39. The first kappa shape index (κ1) is 11.9.